The maximum Gasteiger partial charge on any atom is 0.237 e. The first-order chi connectivity index (χ1) is 9.33. The molecule has 2 heterocycles. The van der Waals surface area contributed by atoms with Crippen LogP contribution in [0.15, 0.2) is 36.7 Å². The predicted octanol–water partition coefficient (Wildman–Crippen LogP) is 1.58. The van der Waals surface area contributed by atoms with Crippen LogP contribution in [0.1, 0.15) is 17.0 Å². The van der Waals surface area contributed by atoms with E-state index in [1.165, 1.54) is 11.1 Å². The van der Waals surface area contributed by atoms with Crippen LogP contribution in [0.3, 0.4) is 0 Å². The molecule has 1 aliphatic heterocycles. The Morgan fingerprint density at radius 3 is 2.76 bits per heavy atom. The minimum absolute atomic E-state index is 0. The molecule has 1 aliphatic rings. The van der Waals surface area contributed by atoms with E-state index >= 15 is 0 Å². The van der Waals surface area contributed by atoms with E-state index in [-0.39, 0.29) is 36.8 Å². The monoisotopic (exact) mass is 328 g/mol. The lowest BCUT2D eigenvalue weighted by Crippen LogP contribution is -2.47. The number of imidazole rings is 1. The van der Waals surface area contributed by atoms with E-state index < -0.39 is 0 Å². The van der Waals surface area contributed by atoms with E-state index in [0.717, 1.165) is 18.8 Å². The Labute approximate surface area is 135 Å². The molecule has 1 aromatic carbocycles. The van der Waals surface area contributed by atoms with Crippen molar-refractivity contribution in [2.45, 2.75) is 25.6 Å². The second kappa shape index (κ2) is 8.02. The summed E-state index contributed by atoms with van der Waals surface area (Å²) in [6.45, 7) is 1.18. The highest BCUT2D eigenvalue weighted by Crippen LogP contribution is 2.16. The van der Waals surface area contributed by atoms with Crippen molar-refractivity contribution < 1.29 is 4.79 Å². The normalized spacial score (nSPS) is 16.1. The number of amides is 1. The highest BCUT2D eigenvalue weighted by Gasteiger charge is 2.23. The molecular formula is C14H18Cl2N4O. The second-order valence-electron chi connectivity index (χ2n) is 4.66. The number of hydrogen-bond donors (Lipinski definition) is 3. The van der Waals surface area contributed by atoms with E-state index in [4.69, 9.17) is 0 Å². The maximum absolute atomic E-state index is 12.1. The number of hydrogen-bond acceptors (Lipinski definition) is 3. The molecule has 3 rings (SSSR count). The molecule has 0 saturated heterocycles. The van der Waals surface area contributed by atoms with Crippen LogP contribution in [0.5, 0.6) is 0 Å². The third kappa shape index (κ3) is 4.20. The molecule has 0 bridgehead atoms. The van der Waals surface area contributed by atoms with Crippen LogP contribution in [-0.2, 0) is 24.3 Å². The number of nitrogens with one attached hydrogen (secondary N) is 3. The van der Waals surface area contributed by atoms with Gasteiger partial charge in [0.15, 0.2) is 0 Å². The number of halogens is 2. The Kier molecular flexibility index (Phi) is 6.68. The zero-order valence-corrected chi connectivity index (χ0v) is 13.0. The first-order valence-electron chi connectivity index (χ1n) is 6.39. The van der Waals surface area contributed by atoms with Gasteiger partial charge >= 0.3 is 0 Å². The van der Waals surface area contributed by atoms with Crippen molar-refractivity contribution in [3.8, 4) is 0 Å². The molecule has 114 valence electrons. The van der Waals surface area contributed by atoms with E-state index in [9.17, 15) is 4.79 Å². The van der Waals surface area contributed by atoms with Crippen molar-refractivity contribution in [1.29, 1.82) is 0 Å². The van der Waals surface area contributed by atoms with Crippen molar-refractivity contribution in [2.24, 2.45) is 0 Å². The van der Waals surface area contributed by atoms with Crippen LogP contribution in [0.2, 0.25) is 0 Å². The van der Waals surface area contributed by atoms with Gasteiger partial charge in [0.1, 0.15) is 5.82 Å². The zero-order chi connectivity index (χ0) is 13.1. The molecule has 0 aliphatic carbocycles. The van der Waals surface area contributed by atoms with Gasteiger partial charge in [0, 0.05) is 18.9 Å². The van der Waals surface area contributed by atoms with Gasteiger partial charge in [-0.25, -0.2) is 4.98 Å². The lowest BCUT2D eigenvalue weighted by Gasteiger charge is -2.25. The van der Waals surface area contributed by atoms with Crippen molar-refractivity contribution >= 4 is 30.7 Å². The number of carbonyl (C=O) groups excluding carboxylic acids is 1. The molecule has 2 aromatic rings. The minimum Gasteiger partial charge on any atom is -0.348 e. The van der Waals surface area contributed by atoms with E-state index in [0.29, 0.717) is 6.54 Å². The van der Waals surface area contributed by atoms with E-state index in [2.05, 4.69) is 32.7 Å². The summed E-state index contributed by atoms with van der Waals surface area (Å²) in [4.78, 5) is 19.1. The maximum atomic E-state index is 12.1. The first kappa shape index (κ1) is 17.5. The molecule has 0 radical (unpaired) electrons. The summed E-state index contributed by atoms with van der Waals surface area (Å²) in [5.41, 5.74) is 2.52. The van der Waals surface area contributed by atoms with Crippen LogP contribution in [-0.4, -0.2) is 21.9 Å². The Balaban J connectivity index is 0.00000110. The fraction of sp³-hybridized carbons (Fsp3) is 0.286. The predicted molar refractivity (Wildman–Crippen MR) is 85.7 cm³/mol. The number of aromatic amines is 1. The van der Waals surface area contributed by atoms with Gasteiger partial charge in [0.05, 0.1) is 12.6 Å². The SMILES string of the molecule is Cl.Cl.O=C(NCc1ncc[nH]1)C1Cc2ccccc2CN1. The first-order valence-corrected chi connectivity index (χ1v) is 6.39. The summed E-state index contributed by atoms with van der Waals surface area (Å²) >= 11 is 0. The van der Waals surface area contributed by atoms with Crippen molar-refractivity contribution in [2.75, 3.05) is 0 Å². The summed E-state index contributed by atoms with van der Waals surface area (Å²) in [5, 5.41) is 6.15. The number of nitrogens with zero attached hydrogens (tertiary/aromatic N) is 1. The van der Waals surface area contributed by atoms with E-state index in [1.54, 1.807) is 12.4 Å². The molecule has 1 atom stereocenters. The number of benzene rings is 1. The summed E-state index contributed by atoms with van der Waals surface area (Å²) in [5.74, 6) is 0.787. The number of H-pyrrole nitrogens is 1. The Hall–Kier alpha value is -1.56. The fourth-order valence-corrected chi connectivity index (χ4v) is 2.33. The molecule has 1 amide bonds. The number of aromatic nitrogens is 2. The van der Waals surface area contributed by atoms with Crippen LogP contribution in [0, 0.1) is 0 Å². The second-order valence-corrected chi connectivity index (χ2v) is 4.66. The minimum atomic E-state index is -0.162. The van der Waals surface area contributed by atoms with Gasteiger partial charge in [-0.3, -0.25) is 4.79 Å². The quantitative estimate of drug-likeness (QED) is 0.801. The molecule has 1 unspecified atom stereocenters. The summed E-state index contributed by atoms with van der Waals surface area (Å²) in [6, 6.07) is 8.06. The fourth-order valence-electron chi connectivity index (χ4n) is 2.33. The summed E-state index contributed by atoms with van der Waals surface area (Å²) < 4.78 is 0. The number of carbonyl (C=O) groups is 1. The molecule has 0 saturated carbocycles. The molecule has 7 heteroatoms. The zero-order valence-electron chi connectivity index (χ0n) is 11.3. The topological polar surface area (TPSA) is 69.8 Å². The third-order valence-electron chi connectivity index (χ3n) is 3.38. The number of fused-ring (bicyclic) bond motifs is 1. The smallest absolute Gasteiger partial charge is 0.237 e. The number of rotatable bonds is 3. The Bertz CT molecular complexity index is 574. The largest absolute Gasteiger partial charge is 0.348 e. The molecule has 5 nitrogen and oxygen atoms in total. The molecule has 0 spiro atoms. The van der Waals surface area contributed by atoms with Crippen LogP contribution in [0.25, 0.3) is 0 Å². The molecule has 21 heavy (non-hydrogen) atoms. The van der Waals surface area contributed by atoms with Gasteiger partial charge in [-0.15, -0.1) is 24.8 Å². The van der Waals surface area contributed by atoms with Gasteiger partial charge in [-0.2, -0.15) is 0 Å². The third-order valence-corrected chi connectivity index (χ3v) is 3.38. The van der Waals surface area contributed by atoms with Crippen molar-refractivity contribution in [3.05, 3.63) is 53.6 Å². The average molecular weight is 329 g/mol. The van der Waals surface area contributed by atoms with Gasteiger partial charge in [-0.1, -0.05) is 24.3 Å². The average Bonchev–Trinajstić information content (AvgIpc) is 2.97. The van der Waals surface area contributed by atoms with Crippen LogP contribution < -0.4 is 10.6 Å². The summed E-state index contributed by atoms with van der Waals surface area (Å²) in [6.07, 6.45) is 4.16. The molecular weight excluding hydrogens is 311 g/mol. The highest BCUT2D eigenvalue weighted by molar-refractivity contribution is 5.85. The molecule has 0 fully saturated rings. The standard InChI is InChI=1S/C14H16N4O.2ClH/c19-14(18-9-13-15-5-6-16-13)12-7-10-3-1-2-4-11(10)8-17-12;;/h1-6,12,17H,7-9H2,(H,15,16)(H,18,19);2*1H. The van der Waals surface area contributed by atoms with Gasteiger partial charge in [-0.05, 0) is 17.5 Å². The van der Waals surface area contributed by atoms with Crippen LogP contribution in [0.4, 0.5) is 0 Å². The van der Waals surface area contributed by atoms with E-state index in [1.807, 2.05) is 12.1 Å². The highest BCUT2D eigenvalue weighted by atomic mass is 35.5. The molecule has 1 aromatic heterocycles. The van der Waals surface area contributed by atoms with Crippen molar-refractivity contribution in [1.82, 2.24) is 20.6 Å². The lowest BCUT2D eigenvalue weighted by atomic mass is 9.95. The van der Waals surface area contributed by atoms with Gasteiger partial charge in [0.2, 0.25) is 5.91 Å². The Morgan fingerprint density at radius 1 is 1.29 bits per heavy atom. The Morgan fingerprint density at radius 2 is 2.05 bits per heavy atom. The van der Waals surface area contributed by atoms with Crippen LogP contribution >= 0.6 is 24.8 Å². The van der Waals surface area contributed by atoms with Gasteiger partial charge in [0.25, 0.3) is 0 Å². The lowest BCUT2D eigenvalue weighted by molar-refractivity contribution is -0.123. The summed E-state index contributed by atoms with van der Waals surface area (Å²) in [7, 11) is 0. The molecule has 3 N–H and O–H groups in total. The van der Waals surface area contributed by atoms with Crippen molar-refractivity contribution in [3.63, 3.8) is 0 Å². The van der Waals surface area contributed by atoms with Gasteiger partial charge < -0.3 is 15.6 Å².